The first-order valence-corrected chi connectivity index (χ1v) is 6.36. The van der Waals surface area contributed by atoms with Crippen LogP contribution in [0.15, 0.2) is 23.4 Å². The molecule has 0 aliphatic carbocycles. The van der Waals surface area contributed by atoms with Crippen molar-refractivity contribution in [3.05, 3.63) is 29.3 Å². The molecule has 2 rings (SSSR count). The summed E-state index contributed by atoms with van der Waals surface area (Å²) >= 11 is 0. The summed E-state index contributed by atoms with van der Waals surface area (Å²) in [6.45, 7) is 8.59. The van der Waals surface area contributed by atoms with E-state index in [2.05, 4.69) is 36.0 Å². The van der Waals surface area contributed by atoms with Crippen LogP contribution in [0.5, 0.6) is 0 Å². The molecule has 1 aliphatic heterocycles. The van der Waals surface area contributed by atoms with Crippen molar-refractivity contribution in [2.24, 2.45) is 22.7 Å². The molecule has 1 aliphatic rings. The fourth-order valence-electron chi connectivity index (χ4n) is 2.51. The molecule has 0 saturated carbocycles. The second-order valence-electron chi connectivity index (χ2n) is 5.37. The average Bonchev–Trinajstić information content (AvgIpc) is 2.68. The van der Waals surface area contributed by atoms with E-state index in [0.29, 0.717) is 11.8 Å². The normalized spacial score (nSPS) is 24.6. The van der Waals surface area contributed by atoms with Crippen LogP contribution in [0.4, 0.5) is 5.69 Å². The minimum atomic E-state index is 0.181. The third-order valence-electron chi connectivity index (χ3n) is 3.86. The van der Waals surface area contributed by atoms with Crippen molar-refractivity contribution < 1.29 is 5.21 Å². The molecule has 0 spiro atoms. The molecule has 1 aromatic rings. The van der Waals surface area contributed by atoms with Crippen molar-refractivity contribution in [3.63, 3.8) is 0 Å². The third kappa shape index (κ3) is 2.28. The molecule has 1 heterocycles. The Bertz CT molecular complexity index is 460. The van der Waals surface area contributed by atoms with E-state index in [1.807, 2.05) is 13.0 Å². The van der Waals surface area contributed by atoms with Crippen molar-refractivity contribution in [2.75, 3.05) is 18.0 Å². The molecule has 1 saturated heterocycles. The van der Waals surface area contributed by atoms with Gasteiger partial charge >= 0.3 is 0 Å². The summed E-state index contributed by atoms with van der Waals surface area (Å²) in [6, 6.07) is 6.10. The molecule has 0 radical (unpaired) electrons. The quantitative estimate of drug-likeness (QED) is 0.364. The maximum absolute atomic E-state index is 8.89. The van der Waals surface area contributed by atoms with Crippen molar-refractivity contribution >= 4 is 11.5 Å². The number of rotatable bonds is 2. The number of benzene rings is 1. The Balaban J connectivity index is 2.39. The predicted molar refractivity (Wildman–Crippen MR) is 74.2 cm³/mol. The van der Waals surface area contributed by atoms with Crippen LogP contribution in [0.25, 0.3) is 0 Å². The maximum atomic E-state index is 8.89. The molecule has 2 unspecified atom stereocenters. The number of nitrogens with zero attached hydrogens (tertiary/aromatic N) is 2. The van der Waals surface area contributed by atoms with Crippen LogP contribution < -0.4 is 10.6 Å². The number of hydrogen-bond donors (Lipinski definition) is 2. The monoisotopic (exact) mass is 247 g/mol. The molecule has 1 aromatic carbocycles. The number of anilines is 1. The van der Waals surface area contributed by atoms with E-state index in [1.165, 1.54) is 0 Å². The number of amidine groups is 1. The minimum Gasteiger partial charge on any atom is -0.409 e. The Kier molecular flexibility index (Phi) is 3.45. The van der Waals surface area contributed by atoms with E-state index in [1.54, 1.807) is 0 Å². The van der Waals surface area contributed by atoms with Crippen LogP contribution in [0.1, 0.15) is 25.0 Å². The van der Waals surface area contributed by atoms with Crippen molar-refractivity contribution in [2.45, 2.75) is 20.8 Å². The zero-order valence-electron chi connectivity index (χ0n) is 11.2. The van der Waals surface area contributed by atoms with E-state index in [4.69, 9.17) is 10.9 Å². The van der Waals surface area contributed by atoms with Crippen molar-refractivity contribution in [3.8, 4) is 0 Å². The number of oxime groups is 1. The topological polar surface area (TPSA) is 61.8 Å². The number of aryl methyl sites for hydroxylation is 1. The summed E-state index contributed by atoms with van der Waals surface area (Å²) < 4.78 is 0. The SMILES string of the molecule is Cc1ccc(N2CC(C)C(C)C2)c(/C(N)=N/O)c1. The van der Waals surface area contributed by atoms with Gasteiger partial charge in [-0.25, -0.2) is 0 Å². The van der Waals surface area contributed by atoms with Gasteiger partial charge in [0.1, 0.15) is 0 Å². The van der Waals surface area contributed by atoms with Gasteiger partial charge in [0.25, 0.3) is 0 Å². The molecule has 18 heavy (non-hydrogen) atoms. The van der Waals surface area contributed by atoms with Crippen LogP contribution in [0.3, 0.4) is 0 Å². The van der Waals surface area contributed by atoms with Gasteiger partial charge in [-0.15, -0.1) is 0 Å². The van der Waals surface area contributed by atoms with Gasteiger partial charge in [-0.1, -0.05) is 30.6 Å². The Morgan fingerprint density at radius 2 is 1.94 bits per heavy atom. The zero-order chi connectivity index (χ0) is 13.3. The summed E-state index contributed by atoms with van der Waals surface area (Å²) in [5.74, 6) is 1.53. The fraction of sp³-hybridized carbons (Fsp3) is 0.500. The van der Waals surface area contributed by atoms with Gasteiger partial charge in [-0.2, -0.15) is 0 Å². The summed E-state index contributed by atoms with van der Waals surface area (Å²) in [5.41, 5.74) is 8.77. The molecule has 3 N–H and O–H groups in total. The molecule has 0 amide bonds. The van der Waals surface area contributed by atoms with Gasteiger partial charge in [0.05, 0.1) is 0 Å². The molecule has 4 heteroatoms. The lowest BCUT2D eigenvalue weighted by molar-refractivity contribution is 0.318. The van der Waals surface area contributed by atoms with Crippen LogP contribution in [0.2, 0.25) is 0 Å². The first-order valence-electron chi connectivity index (χ1n) is 6.36. The molecule has 98 valence electrons. The predicted octanol–water partition coefficient (Wildman–Crippen LogP) is 2.18. The summed E-state index contributed by atoms with van der Waals surface area (Å²) in [6.07, 6.45) is 0. The van der Waals surface area contributed by atoms with Gasteiger partial charge in [-0.3, -0.25) is 0 Å². The Labute approximate surface area is 108 Å². The largest absolute Gasteiger partial charge is 0.409 e. The van der Waals surface area contributed by atoms with E-state index in [9.17, 15) is 0 Å². The Morgan fingerprint density at radius 1 is 1.33 bits per heavy atom. The van der Waals surface area contributed by atoms with Crippen LogP contribution in [0, 0.1) is 18.8 Å². The van der Waals surface area contributed by atoms with Crippen LogP contribution >= 0.6 is 0 Å². The first-order chi connectivity index (χ1) is 8.52. The van der Waals surface area contributed by atoms with E-state index >= 15 is 0 Å². The molecule has 0 bridgehead atoms. The second kappa shape index (κ2) is 4.88. The van der Waals surface area contributed by atoms with Gasteiger partial charge in [0.2, 0.25) is 0 Å². The maximum Gasteiger partial charge on any atom is 0.172 e. The zero-order valence-corrected chi connectivity index (χ0v) is 11.2. The molecular weight excluding hydrogens is 226 g/mol. The van der Waals surface area contributed by atoms with Gasteiger partial charge < -0.3 is 15.8 Å². The smallest absolute Gasteiger partial charge is 0.172 e. The minimum absolute atomic E-state index is 0.181. The Hall–Kier alpha value is -1.71. The number of nitrogens with two attached hydrogens (primary N) is 1. The highest BCUT2D eigenvalue weighted by atomic mass is 16.4. The van der Waals surface area contributed by atoms with Crippen LogP contribution in [-0.2, 0) is 0 Å². The molecule has 4 nitrogen and oxygen atoms in total. The summed E-state index contributed by atoms with van der Waals surface area (Å²) in [7, 11) is 0. The van der Waals surface area contributed by atoms with E-state index in [-0.39, 0.29) is 5.84 Å². The van der Waals surface area contributed by atoms with Crippen molar-refractivity contribution in [1.29, 1.82) is 0 Å². The standard InChI is InChI=1S/C14H21N3O/c1-9-4-5-13(12(6-9)14(15)16-18)17-7-10(2)11(3)8-17/h4-6,10-11,18H,7-8H2,1-3H3,(H2,15,16). The lowest BCUT2D eigenvalue weighted by Gasteiger charge is -2.22. The molecular formula is C14H21N3O. The van der Waals surface area contributed by atoms with Gasteiger partial charge in [0, 0.05) is 24.3 Å². The molecule has 1 fully saturated rings. The highest BCUT2D eigenvalue weighted by Crippen LogP contribution is 2.30. The van der Waals surface area contributed by atoms with E-state index in [0.717, 1.165) is 29.9 Å². The van der Waals surface area contributed by atoms with E-state index < -0.39 is 0 Å². The highest BCUT2D eigenvalue weighted by Gasteiger charge is 2.27. The second-order valence-corrected chi connectivity index (χ2v) is 5.37. The average molecular weight is 247 g/mol. The lowest BCUT2D eigenvalue weighted by Crippen LogP contribution is -2.24. The first kappa shape index (κ1) is 12.7. The lowest BCUT2D eigenvalue weighted by atomic mass is 10.0. The summed E-state index contributed by atoms with van der Waals surface area (Å²) in [5, 5.41) is 12.0. The Morgan fingerprint density at radius 3 is 2.50 bits per heavy atom. The van der Waals surface area contributed by atoms with Crippen molar-refractivity contribution in [1.82, 2.24) is 0 Å². The summed E-state index contributed by atoms with van der Waals surface area (Å²) in [4.78, 5) is 2.32. The fourth-order valence-corrected chi connectivity index (χ4v) is 2.51. The van der Waals surface area contributed by atoms with Gasteiger partial charge in [0.15, 0.2) is 5.84 Å². The molecule has 0 aromatic heterocycles. The third-order valence-corrected chi connectivity index (χ3v) is 3.86. The number of hydrogen-bond acceptors (Lipinski definition) is 3. The molecule has 2 atom stereocenters. The van der Waals surface area contributed by atoms with Gasteiger partial charge in [-0.05, 0) is 30.9 Å². The van der Waals surface area contributed by atoms with Crippen LogP contribution in [-0.4, -0.2) is 24.1 Å². The highest BCUT2D eigenvalue weighted by molar-refractivity contribution is 6.02.